The van der Waals surface area contributed by atoms with Crippen LogP contribution in [-0.2, 0) is 0 Å². The summed E-state index contributed by atoms with van der Waals surface area (Å²) < 4.78 is 29.7. The first kappa shape index (κ1) is 21.4. The standard InChI is InChI=1S/C22H25FN2O5/c1-28-18-13-20(30-3)19(29-2)12-16(18)21(26)24-14-8-10-25(11-9-14)22(27)15-6-4-5-7-17(15)23/h4-7,12-14H,8-11H2,1-3H3,(H,24,26). The Bertz CT molecular complexity index is 926. The van der Waals surface area contributed by atoms with Crippen molar-refractivity contribution in [1.82, 2.24) is 10.2 Å². The van der Waals surface area contributed by atoms with E-state index in [0.717, 1.165) is 0 Å². The molecule has 2 amide bonds. The number of carbonyl (C=O) groups excluding carboxylic acids is 2. The molecule has 0 saturated carbocycles. The molecule has 30 heavy (non-hydrogen) atoms. The van der Waals surface area contributed by atoms with Gasteiger partial charge < -0.3 is 24.4 Å². The van der Waals surface area contributed by atoms with Crippen molar-refractivity contribution in [2.24, 2.45) is 0 Å². The lowest BCUT2D eigenvalue weighted by molar-refractivity contribution is 0.0693. The first-order chi connectivity index (χ1) is 14.5. The summed E-state index contributed by atoms with van der Waals surface area (Å²) in [5.41, 5.74) is 0.398. The van der Waals surface area contributed by atoms with E-state index < -0.39 is 5.82 Å². The highest BCUT2D eigenvalue weighted by molar-refractivity contribution is 5.98. The zero-order chi connectivity index (χ0) is 21.7. The Labute approximate surface area is 174 Å². The lowest BCUT2D eigenvalue weighted by atomic mass is 10.0. The van der Waals surface area contributed by atoms with Crippen molar-refractivity contribution < 1.29 is 28.2 Å². The average molecular weight is 416 g/mol. The number of amides is 2. The molecule has 1 aliphatic heterocycles. The van der Waals surface area contributed by atoms with Gasteiger partial charge in [-0.1, -0.05) is 12.1 Å². The smallest absolute Gasteiger partial charge is 0.256 e. The van der Waals surface area contributed by atoms with Crippen molar-refractivity contribution in [3.05, 3.63) is 53.3 Å². The number of halogens is 1. The lowest BCUT2D eigenvalue weighted by Gasteiger charge is -2.32. The fourth-order valence-corrected chi connectivity index (χ4v) is 3.50. The predicted octanol–water partition coefficient (Wildman–Crippen LogP) is 2.89. The molecule has 1 saturated heterocycles. The zero-order valence-corrected chi connectivity index (χ0v) is 17.2. The average Bonchev–Trinajstić information content (AvgIpc) is 2.78. The lowest BCUT2D eigenvalue weighted by Crippen LogP contribution is -2.46. The summed E-state index contributed by atoms with van der Waals surface area (Å²) in [6.07, 6.45) is 1.14. The third-order valence-electron chi connectivity index (χ3n) is 5.17. The molecule has 0 aliphatic carbocycles. The Morgan fingerprint density at radius 1 is 0.933 bits per heavy atom. The van der Waals surface area contributed by atoms with Gasteiger partial charge in [0, 0.05) is 31.3 Å². The van der Waals surface area contributed by atoms with E-state index >= 15 is 0 Å². The minimum absolute atomic E-state index is 0.0649. The van der Waals surface area contributed by atoms with Crippen LogP contribution in [0.15, 0.2) is 36.4 Å². The van der Waals surface area contributed by atoms with Crippen molar-refractivity contribution in [3.8, 4) is 17.2 Å². The van der Waals surface area contributed by atoms with Gasteiger partial charge in [0.05, 0.1) is 32.5 Å². The normalized spacial score (nSPS) is 14.2. The topological polar surface area (TPSA) is 77.1 Å². The van der Waals surface area contributed by atoms with E-state index in [1.165, 1.54) is 33.5 Å². The number of likely N-dealkylation sites (tertiary alicyclic amines) is 1. The summed E-state index contributed by atoms with van der Waals surface area (Å²) in [5, 5.41) is 2.98. The van der Waals surface area contributed by atoms with Crippen LogP contribution in [0.5, 0.6) is 17.2 Å². The first-order valence-electron chi connectivity index (χ1n) is 9.63. The van der Waals surface area contributed by atoms with Gasteiger partial charge >= 0.3 is 0 Å². The number of rotatable bonds is 6. The fourth-order valence-electron chi connectivity index (χ4n) is 3.50. The molecule has 0 radical (unpaired) electrons. The van der Waals surface area contributed by atoms with Gasteiger partial charge in [-0.05, 0) is 25.0 Å². The molecule has 0 atom stereocenters. The molecule has 1 N–H and O–H groups in total. The van der Waals surface area contributed by atoms with Gasteiger partial charge in [-0.25, -0.2) is 4.39 Å². The number of carbonyl (C=O) groups is 2. The van der Waals surface area contributed by atoms with Crippen LogP contribution >= 0.6 is 0 Å². The second-order valence-corrected chi connectivity index (χ2v) is 6.93. The minimum Gasteiger partial charge on any atom is -0.496 e. The van der Waals surface area contributed by atoms with Crippen LogP contribution < -0.4 is 19.5 Å². The number of nitrogens with one attached hydrogen (secondary N) is 1. The summed E-state index contributed by atoms with van der Waals surface area (Å²) in [7, 11) is 4.48. The maximum atomic E-state index is 13.9. The monoisotopic (exact) mass is 416 g/mol. The van der Waals surface area contributed by atoms with Gasteiger partial charge in [0.15, 0.2) is 11.5 Å². The van der Waals surface area contributed by atoms with Crippen molar-refractivity contribution in [1.29, 1.82) is 0 Å². The minimum atomic E-state index is -0.529. The third kappa shape index (κ3) is 4.48. The number of nitrogens with zero attached hydrogens (tertiary/aromatic N) is 1. The molecule has 8 heteroatoms. The summed E-state index contributed by atoms with van der Waals surface area (Å²) in [6, 6.07) is 9.01. The Kier molecular flexibility index (Phi) is 6.76. The second kappa shape index (κ2) is 9.47. The van der Waals surface area contributed by atoms with Gasteiger partial charge in [-0.2, -0.15) is 0 Å². The van der Waals surface area contributed by atoms with E-state index in [1.807, 2.05) is 0 Å². The summed E-state index contributed by atoms with van der Waals surface area (Å²) in [4.78, 5) is 27.0. The Morgan fingerprint density at radius 2 is 1.53 bits per heavy atom. The molecule has 0 unspecified atom stereocenters. The van der Waals surface area contributed by atoms with Crippen LogP contribution in [0.4, 0.5) is 4.39 Å². The molecule has 7 nitrogen and oxygen atoms in total. The zero-order valence-electron chi connectivity index (χ0n) is 17.2. The van der Waals surface area contributed by atoms with E-state index in [9.17, 15) is 14.0 Å². The van der Waals surface area contributed by atoms with E-state index in [4.69, 9.17) is 14.2 Å². The SMILES string of the molecule is COc1cc(OC)c(C(=O)NC2CCN(C(=O)c3ccccc3F)CC2)cc1OC. The van der Waals surface area contributed by atoms with Crippen LogP contribution in [0.25, 0.3) is 0 Å². The number of hydrogen-bond donors (Lipinski definition) is 1. The predicted molar refractivity (Wildman–Crippen MR) is 109 cm³/mol. The van der Waals surface area contributed by atoms with E-state index in [2.05, 4.69) is 5.32 Å². The Hall–Kier alpha value is -3.29. The molecule has 1 aliphatic rings. The second-order valence-electron chi connectivity index (χ2n) is 6.93. The highest BCUT2D eigenvalue weighted by Crippen LogP contribution is 2.34. The number of piperidine rings is 1. The van der Waals surface area contributed by atoms with E-state index in [1.54, 1.807) is 29.2 Å². The number of hydrogen-bond acceptors (Lipinski definition) is 5. The molecule has 1 heterocycles. The van der Waals surface area contributed by atoms with E-state index in [-0.39, 0.29) is 23.4 Å². The van der Waals surface area contributed by atoms with Crippen LogP contribution in [0.2, 0.25) is 0 Å². The number of ether oxygens (including phenoxy) is 3. The molecule has 160 valence electrons. The highest BCUT2D eigenvalue weighted by atomic mass is 19.1. The van der Waals surface area contributed by atoms with Gasteiger partial charge in [-0.3, -0.25) is 9.59 Å². The van der Waals surface area contributed by atoms with Crippen LogP contribution in [0.3, 0.4) is 0 Å². The largest absolute Gasteiger partial charge is 0.496 e. The Morgan fingerprint density at radius 3 is 2.13 bits per heavy atom. The quantitative estimate of drug-likeness (QED) is 0.784. The first-order valence-corrected chi connectivity index (χ1v) is 9.63. The van der Waals surface area contributed by atoms with Crippen LogP contribution in [0.1, 0.15) is 33.6 Å². The molecule has 2 aromatic rings. The van der Waals surface area contributed by atoms with Crippen molar-refractivity contribution in [3.63, 3.8) is 0 Å². The molecule has 3 rings (SSSR count). The summed E-state index contributed by atoms with van der Waals surface area (Å²) in [5.74, 6) is 0.0986. The summed E-state index contributed by atoms with van der Waals surface area (Å²) in [6.45, 7) is 0.863. The molecule has 2 aromatic carbocycles. The maximum Gasteiger partial charge on any atom is 0.256 e. The molecule has 0 aromatic heterocycles. The van der Waals surface area contributed by atoms with Gasteiger partial charge in [0.2, 0.25) is 0 Å². The van der Waals surface area contributed by atoms with Gasteiger partial charge in [-0.15, -0.1) is 0 Å². The molecule has 0 spiro atoms. The molecule has 0 bridgehead atoms. The van der Waals surface area contributed by atoms with Crippen molar-refractivity contribution in [2.75, 3.05) is 34.4 Å². The van der Waals surface area contributed by atoms with Crippen LogP contribution in [-0.4, -0.2) is 57.2 Å². The summed E-state index contributed by atoms with van der Waals surface area (Å²) >= 11 is 0. The number of benzene rings is 2. The molecule has 1 fully saturated rings. The maximum absolute atomic E-state index is 13.9. The van der Waals surface area contributed by atoms with Gasteiger partial charge in [0.25, 0.3) is 11.8 Å². The number of methoxy groups -OCH3 is 3. The Balaban J connectivity index is 1.64. The van der Waals surface area contributed by atoms with Gasteiger partial charge in [0.1, 0.15) is 11.6 Å². The third-order valence-corrected chi connectivity index (χ3v) is 5.17. The van der Waals surface area contributed by atoms with Crippen molar-refractivity contribution in [2.45, 2.75) is 18.9 Å². The molecular formula is C22H25FN2O5. The van der Waals surface area contributed by atoms with Crippen LogP contribution in [0, 0.1) is 5.82 Å². The van der Waals surface area contributed by atoms with E-state index in [0.29, 0.717) is 48.7 Å². The van der Waals surface area contributed by atoms with Crippen molar-refractivity contribution >= 4 is 11.8 Å². The highest BCUT2D eigenvalue weighted by Gasteiger charge is 2.27. The fraction of sp³-hybridized carbons (Fsp3) is 0.364. The molecular weight excluding hydrogens is 391 g/mol.